The number of hydrogen-bond donors (Lipinski definition) is 0. The largest absolute Gasteiger partial charge is 0.490 e. The first-order valence-electron chi connectivity index (χ1n) is 7.32. The number of hydrogen-bond acceptors (Lipinski definition) is 5. The molecule has 0 aliphatic rings. The molecule has 5 heteroatoms. The lowest BCUT2D eigenvalue weighted by Crippen LogP contribution is -2.13. The molecule has 1 heterocycles. The van der Waals surface area contributed by atoms with E-state index < -0.39 is 5.97 Å². The molecule has 1 aromatic heterocycles. The van der Waals surface area contributed by atoms with Gasteiger partial charge in [-0.05, 0) is 45.4 Å². The van der Waals surface area contributed by atoms with E-state index in [1.165, 1.54) is 0 Å². The van der Waals surface area contributed by atoms with Gasteiger partial charge in [-0.2, -0.15) is 0 Å². The fraction of sp³-hybridized carbons (Fsp3) is 0.333. The molecule has 0 aliphatic heterocycles. The Labute approximate surface area is 134 Å². The van der Waals surface area contributed by atoms with Gasteiger partial charge in [0.1, 0.15) is 24.5 Å². The third kappa shape index (κ3) is 3.44. The third-order valence-electron chi connectivity index (χ3n) is 3.75. The zero-order valence-corrected chi connectivity index (χ0v) is 13.8. The maximum atomic E-state index is 11.8. The van der Waals surface area contributed by atoms with Crippen molar-refractivity contribution < 1.29 is 18.7 Å². The highest BCUT2D eigenvalue weighted by Gasteiger charge is 2.13. The van der Waals surface area contributed by atoms with E-state index in [2.05, 4.69) is 6.58 Å². The third-order valence-corrected chi connectivity index (χ3v) is 3.75. The van der Waals surface area contributed by atoms with E-state index in [4.69, 9.17) is 13.9 Å². The minimum Gasteiger partial charge on any atom is -0.490 e. The van der Waals surface area contributed by atoms with Gasteiger partial charge in [-0.15, -0.1) is 0 Å². The van der Waals surface area contributed by atoms with Crippen molar-refractivity contribution in [2.45, 2.75) is 27.7 Å². The highest BCUT2D eigenvalue weighted by molar-refractivity contribution is 5.87. The summed E-state index contributed by atoms with van der Waals surface area (Å²) in [5, 5.41) is 0.889. The molecule has 0 fully saturated rings. The van der Waals surface area contributed by atoms with Gasteiger partial charge in [0.05, 0.1) is 0 Å². The molecule has 23 heavy (non-hydrogen) atoms. The maximum Gasteiger partial charge on any atom is 0.339 e. The monoisotopic (exact) mass is 316 g/mol. The SMILES string of the molecule is C=C(C)C(=O)OCCOc1ccc2c(C)c(C)c(=O)oc2c1C. The predicted octanol–water partition coefficient (Wildman–Crippen LogP) is 3.22. The Kier molecular flexibility index (Phi) is 4.89. The number of fused-ring (bicyclic) bond motifs is 1. The Bertz CT molecular complexity index is 829. The quantitative estimate of drug-likeness (QED) is 0.367. The number of aryl methyl sites for hydroxylation is 2. The van der Waals surface area contributed by atoms with Crippen molar-refractivity contribution in [2.24, 2.45) is 0 Å². The van der Waals surface area contributed by atoms with Gasteiger partial charge in [0.15, 0.2) is 0 Å². The van der Waals surface area contributed by atoms with Crippen LogP contribution >= 0.6 is 0 Å². The summed E-state index contributed by atoms with van der Waals surface area (Å²) in [6.45, 7) is 10.9. The maximum absolute atomic E-state index is 11.8. The second kappa shape index (κ2) is 6.69. The van der Waals surface area contributed by atoms with Gasteiger partial charge >= 0.3 is 11.6 Å². The molecule has 5 nitrogen and oxygen atoms in total. The molecule has 0 radical (unpaired) electrons. The lowest BCUT2D eigenvalue weighted by atomic mass is 10.0. The van der Waals surface area contributed by atoms with E-state index in [0.29, 0.717) is 22.5 Å². The molecule has 2 rings (SSSR count). The van der Waals surface area contributed by atoms with Gasteiger partial charge < -0.3 is 13.9 Å². The topological polar surface area (TPSA) is 65.7 Å². The standard InChI is InChI=1S/C18H20O5/c1-10(2)17(19)22-9-8-21-15-7-6-14-11(3)12(4)18(20)23-16(14)13(15)5/h6-7H,1,8-9H2,2-5H3. The molecule has 122 valence electrons. The fourth-order valence-electron chi connectivity index (χ4n) is 2.19. The molecule has 0 spiro atoms. The summed E-state index contributed by atoms with van der Waals surface area (Å²) in [7, 11) is 0. The first kappa shape index (κ1) is 16.8. The Morgan fingerprint density at radius 1 is 1.13 bits per heavy atom. The average Bonchev–Trinajstić information content (AvgIpc) is 2.51. The van der Waals surface area contributed by atoms with Crippen LogP contribution in [0, 0.1) is 20.8 Å². The molecular weight excluding hydrogens is 296 g/mol. The molecule has 0 N–H and O–H groups in total. The van der Waals surface area contributed by atoms with Crippen LogP contribution in [0.2, 0.25) is 0 Å². The lowest BCUT2D eigenvalue weighted by molar-refractivity contribution is -0.139. The van der Waals surface area contributed by atoms with E-state index >= 15 is 0 Å². The Morgan fingerprint density at radius 3 is 2.48 bits per heavy atom. The minimum absolute atomic E-state index is 0.125. The summed E-state index contributed by atoms with van der Waals surface area (Å²) in [6.07, 6.45) is 0. The zero-order valence-electron chi connectivity index (χ0n) is 13.8. The van der Waals surface area contributed by atoms with Crippen molar-refractivity contribution in [3.63, 3.8) is 0 Å². The smallest absolute Gasteiger partial charge is 0.339 e. The molecule has 0 bridgehead atoms. The summed E-state index contributed by atoms with van der Waals surface area (Å²) < 4.78 is 16.0. The number of carbonyl (C=O) groups excluding carboxylic acids is 1. The second-order valence-corrected chi connectivity index (χ2v) is 5.47. The van der Waals surface area contributed by atoms with Crippen LogP contribution < -0.4 is 10.4 Å². The Balaban J connectivity index is 2.18. The lowest BCUT2D eigenvalue weighted by Gasteiger charge is -2.12. The van der Waals surface area contributed by atoms with E-state index in [1.54, 1.807) is 13.8 Å². The summed E-state index contributed by atoms with van der Waals surface area (Å²) in [6, 6.07) is 3.69. The molecule has 2 aromatic rings. The van der Waals surface area contributed by atoms with Gasteiger partial charge in [-0.25, -0.2) is 9.59 Å². The molecule has 1 aromatic carbocycles. The molecule has 0 atom stereocenters. The molecule has 0 saturated carbocycles. The number of ether oxygens (including phenoxy) is 2. The summed E-state index contributed by atoms with van der Waals surface area (Å²) in [4.78, 5) is 23.1. The first-order chi connectivity index (χ1) is 10.8. The van der Waals surface area contributed by atoms with Crippen LogP contribution in [-0.2, 0) is 9.53 Å². The Hall–Kier alpha value is -2.56. The van der Waals surface area contributed by atoms with E-state index in [9.17, 15) is 9.59 Å². The van der Waals surface area contributed by atoms with Crippen LogP contribution in [0.3, 0.4) is 0 Å². The second-order valence-electron chi connectivity index (χ2n) is 5.47. The van der Waals surface area contributed by atoms with Crippen molar-refractivity contribution in [1.29, 1.82) is 0 Å². The minimum atomic E-state index is -0.444. The summed E-state index contributed by atoms with van der Waals surface area (Å²) in [5.41, 5.74) is 2.78. The van der Waals surface area contributed by atoms with Crippen LogP contribution in [0.4, 0.5) is 0 Å². The number of esters is 1. The fourth-order valence-corrected chi connectivity index (χ4v) is 2.19. The highest BCUT2D eigenvalue weighted by atomic mass is 16.6. The van der Waals surface area contributed by atoms with Crippen molar-refractivity contribution in [2.75, 3.05) is 13.2 Å². The van der Waals surface area contributed by atoms with Gasteiger partial charge in [0, 0.05) is 22.1 Å². The van der Waals surface area contributed by atoms with E-state index in [1.807, 2.05) is 26.0 Å². The highest BCUT2D eigenvalue weighted by Crippen LogP contribution is 2.29. The molecule has 0 amide bonds. The average molecular weight is 316 g/mol. The van der Waals surface area contributed by atoms with Crippen LogP contribution in [0.5, 0.6) is 5.75 Å². The molecule has 0 aliphatic carbocycles. The predicted molar refractivity (Wildman–Crippen MR) is 88.0 cm³/mol. The van der Waals surface area contributed by atoms with Crippen molar-refractivity contribution in [1.82, 2.24) is 0 Å². The van der Waals surface area contributed by atoms with Gasteiger partial charge in [-0.1, -0.05) is 6.58 Å². The number of benzene rings is 1. The molecular formula is C18H20O5. The van der Waals surface area contributed by atoms with Gasteiger partial charge in [0.2, 0.25) is 0 Å². The first-order valence-corrected chi connectivity index (χ1v) is 7.32. The number of rotatable bonds is 5. The van der Waals surface area contributed by atoms with Crippen molar-refractivity contribution >= 4 is 16.9 Å². The van der Waals surface area contributed by atoms with Crippen molar-refractivity contribution in [3.8, 4) is 5.75 Å². The molecule has 0 saturated heterocycles. The van der Waals surface area contributed by atoms with Crippen LogP contribution in [0.1, 0.15) is 23.6 Å². The van der Waals surface area contributed by atoms with E-state index in [0.717, 1.165) is 16.5 Å². The van der Waals surface area contributed by atoms with Gasteiger partial charge in [0.25, 0.3) is 0 Å². The van der Waals surface area contributed by atoms with Gasteiger partial charge in [-0.3, -0.25) is 0 Å². The summed E-state index contributed by atoms with van der Waals surface area (Å²) in [5.74, 6) is 0.149. The summed E-state index contributed by atoms with van der Waals surface area (Å²) >= 11 is 0. The van der Waals surface area contributed by atoms with Crippen LogP contribution in [0.15, 0.2) is 33.5 Å². The zero-order chi connectivity index (χ0) is 17.1. The normalized spacial score (nSPS) is 10.6. The molecule has 0 unspecified atom stereocenters. The Morgan fingerprint density at radius 2 is 1.83 bits per heavy atom. The number of carbonyl (C=O) groups is 1. The van der Waals surface area contributed by atoms with E-state index in [-0.39, 0.29) is 18.8 Å². The van der Waals surface area contributed by atoms with Crippen molar-refractivity contribution in [3.05, 3.63) is 51.4 Å². The van der Waals surface area contributed by atoms with Crippen LogP contribution in [-0.4, -0.2) is 19.2 Å². The van der Waals surface area contributed by atoms with Crippen LogP contribution in [0.25, 0.3) is 11.0 Å².